The monoisotopic (exact) mass is 422 g/mol. The number of carbonyl (C=O) groups is 2. The molecule has 0 bridgehead atoms. The minimum atomic E-state index is -0.423. The first-order chi connectivity index (χ1) is 14.9. The van der Waals surface area contributed by atoms with Crippen LogP contribution in [0.15, 0.2) is 29.1 Å². The fourth-order valence-corrected chi connectivity index (χ4v) is 3.77. The van der Waals surface area contributed by atoms with E-state index >= 15 is 0 Å². The molecule has 2 heterocycles. The van der Waals surface area contributed by atoms with Gasteiger partial charge in [0.2, 0.25) is 5.91 Å². The van der Waals surface area contributed by atoms with Gasteiger partial charge in [0, 0.05) is 25.3 Å². The van der Waals surface area contributed by atoms with Gasteiger partial charge in [0.1, 0.15) is 11.6 Å². The Balaban J connectivity index is 1.64. The molecule has 0 saturated carbocycles. The van der Waals surface area contributed by atoms with Crippen molar-refractivity contribution in [3.05, 3.63) is 62.6 Å². The molecule has 2 aromatic rings. The Morgan fingerprint density at radius 3 is 2.77 bits per heavy atom. The number of hydrogen-bond donors (Lipinski definition) is 3. The summed E-state index contributed by atoms with van der Waals surface area (Å²) in [5.74, 6) is -0.528. The van der Waals surface area contributed by atoms with Crippen molar-refractivity contribution in [3.8, 4) is 6.07 Å². The van der Waals surface area contributed by atoms with Crippen molar-refractivity contribution in [2.75, 3.05) is 18.5 Å². The van der Waals surface area contributed by atoms with Crippen molar-refractivity contribution in [1.82, 2.24) is 10.3 Å². The maximum absolute atomic E-state index is 12.6. The molecule has 1 aromatic heterocycles. The Morgan fingerprint density at radius 2 is 2.06 bits per heavy atom. The number of anilines is 1. The molecule has 1 aliphatic heterocycles. The second-order valence-corrected chi connectivity index (χ2v) is 7.61. The number of hydrogen-bond acceptors (Lipinski definition) is 5. The predicted molar refractivity (Wildman–Crippen MR) is 116 cm³/mol. The number of nitrogens with zero attached hydrogens (tertiary/aromatic N) is 1. The zero-order valence-corrected chi connectivity index (χ0v) is 17.7. The third-order valence-electron chi connectivity index (χ3n) is 5.48. The van der Waals surface area contributed by atoms with E-state index in [1.54, 1.807) is 38.1 Å². The maximum atomic E-state index is 12.6. The zero-order chi connectivity index (χ0) is 22.4. The molecule has 3 rings (SSSR count). The molecule has 1 aromatic carbocycles. The van der Waals surface area contributed by atoms with Crippen molar-refractivity contribution in [2.24, 2.45) is 0 Å². The number of aryl methyl sites for hydroxylation is 1. The number of rotatable bonds is 7. The third kappa shape index (κ3) is 5.38. The topological polar surface area (TPSA) is 124 Å². The molecule has 31 heavy (non-hydrogen) atoms. The Bertz CT molecular complexity index is 1080. The Hall–Kier alpha value is -3.44. The van der Waals surface area contributed by atoms with Crippen LogP contribution in [0.3, 0.4) is 0 Å². The molecule has 2 amide bonds. The number of nitrogens with one attached hydrogen (secondary N) is 3. The number of H-pyrrole nitrogens is 1. The van der Waals surface area contributed by atoms with Crippen LogP contribution in [0.2, 0.25) is 0 Å². The van der Waals surface area contributed by atoms with Gasteiger partial charge in [0.05, 0.1) is 17.4 Å². The summed E-state index contributed by atoms with van der Waals surface area (Å²) in [5.41, 5.74) is 2.47. The molecule has 1 atom stereocenters. The fourth-order valence-electron chi connectivity index (χ4n) is 3.77. The predicted octanol–water partition coefficient (Wildman–Crippen LogP) is 2.34. The molecule has 3 N–H and O–H groups in total. The number of pyridine rings is 1. The smallest absolute Gasteiger partial charge is 0.266 e. The second kappa shape index (κ2) is 10.0. The lowest BCUT2D eigenvalue weighted by molar-refractivity contribution is -0.116. The minimum Gasteiger partial charge on any atom is -0.376 e. The highest BCUT2D eigenvalue weighted by Gasteiger charge is 2.19. The van der Waals surface area contributed by atoms with Crippen LogP contribution in [0, 0.1) is 25.2 Å². The second-order valence-electron chi connectivity index (χ2n) is 7.61. The average Bonchev–Trinajstić information content (AvgIpc) is 3.26. The van der Waals surface area contributed by atoms with Crippen LogP contribution in [0.4, 0.5) is 5.69 Å². The van der Waals surface area contributed by atoms with Gasteiger partial charge in [-0.2, -0.15) is 5.26 Å². The van der Waals surface area contributed by atoms with E-state index in [0.29, 0.717) is 35.5 Å². The van der Waals surface area contributed by atoms with Crippen LogP contribution in [0.25, 0.3) is 0 Å². The molecule has 0 radical (unpaired) electrons. The molecule has 1 aliphatic rings. The van der Waals surface area contributed by atoms with Crippen LogP contribution < -0.4 is 16.2 Å². The van der Waals surface area contributed by atoms with E-state index in [1.165, 1.54) is 0 Å². The number of amides is 2. The van der Waals surface area contributed by atoms with Crippen molar-refractivity contribution < 1.29 is 14.3 Å². The minimum absolute atomic E-state index is 0.0350. The van der Waals surface area contributed by atoms with Gasteiger partial charge in [-0.25, -0.2) is 0 Å². The molecule has 0 unspecified atom stereocenters. The van der Waals surface area contributed by atoms with E-state index in [1.807, 2.05) is 6.07 Å². The Kier molecular flexibility index (Phi) is 7.21. The van der Waals surface area contributed by atoms with Crippen LogP contribution in [-0.2, 0) is 16.0 Å². The highest BCUT2D eigenvalue weighted by molar-refractivity contribution is 6.03. The lowest BCUT2D eigenvalue weighted by Crippen LogP contribution is -2.32. The van der Waals surface area contributed by atoms with E-state index < -0.39 is 5.56 Å². The number of para-hydroxylation sites is 1. The van der Waals surface area contributed by atoms with E-state index in [-0.39, 0.29) is 29.9 Å². The highest BCUT2D eigenvalue weighted by atomic mass is 16.5. The summed E-state index contributed by atoms with van der Waals surface area (Å²) in [6.45, 7) is 4.61. The first kappa shape index (κ1) is 22.2. The maximum Gasteiger partial charge on any atom is 0.266 e. The summed E-state index contributed by atoms with van der Waals surface area (Å²) in [6.07, 6.45) is 2.47. The normalized spacial score (nSPS) is 15.3. The lowest BCUT2D eigenvalue weighted by atomic mass is 9.99. The molecule has 8 heteroatoms. The lowest BCUT2D eigenvalue weighted by Gasteiger charge is -2.14. The zero-order valence-electron chi connectivity index (χ0n) is 17.7. The summed E-state index contributed by atoms with van der Waals surface area (Å²) in [6, 6.07) is 8.75. The Morgan fingerprint density at radius 1 is 1.29 bits per heavy atom. The molecule has 162 valence electrons. The number of ether oxygens (including phenoxy) is 1. The van der Waals surface area contributed by atoms with Gasteiger partial charge in [-0.3, -0.25) is 14.4 Å². The molecular weight excluding hydrogens is 396 g/mol. The molecule has 8 nitrogen and oxygen atoms in total. The quantitative estimate of drug-likeness (QED) is 0.632. The molecule has 0 spiro atoms. The molecule has 1 fully saturated rings. The number of nitriles is 1. The van der Waals surface area contributed by atoms with Gasteiger partial charge < -0.3 is 20.4 Å². The van der Waals surface area contributed by atoms with Crippen molar-refractivity contribution in [1.29, 1.82) is 5.26 Å². The average molecular weight is 422 g/mol. The van der Waals surface area contributed by atoms with Gasteiger partial charge in [0.15, 0.2) is 0 Å². The molecular formula is C23H26N4O4. The number of aromatic amines is 1. The van der Waals surface area contributed by atoms with Crippen molar-refractivity contribution in [2.45, 2.75) is 45.6 Å². The van der Waals surface area contributed by atoms with E-state index in [4.69, 9.17) is 4.74 Å². The summed E-state index contributed by atoms with van der Waals surface area (Å²) >= 11 is 0. The van der Waals surface area contributed by atoms with Crippen molar-refractivity contribution >= 4 is 17.5 Å². The first-order valence-corrected chi connectivity index (χ1v) is 10.3. The largest absolute Gasteiger partial charge is 0.376 e. The van der Waals surface area contributed by atoms with Crippen molar-refractivity contribution in [3.63, 3.8) is 0 Å². The van der Waals surface area contributed by atoms with Gasteiger partial charge in [0.25, 0.3) is 11.5 Å². The van der Waals surface area contributed by atoms with E-state index in [0.717, 1.165) is 25.0 Å². The molecule has 0 aliphatic carbocycles. The molecule has 1 saturated heterocycles. The van der Waals surface area contributed by atoms with Gasteiger partial charge in [-0.05, 0) is 56.4 Å². The SMILES string of the molecule is Cc1[nH]c(=O)c(C#N)c(C)c1CCC(=O)Nc1ccccc1C(=O)NC[C@@H]1CCCO1. The van der Waals surface area contributed by atoms with Gasteiger partial charge in [-0.1, -0.05) is 12.1 Å². The van der Waals surface area contributed by atoms with Crippen LogP contribution in [0.1, 0.15) is 52.0 Å². The first-order valence-electron chi connectivity index (χ1n) is 10.3. The van der Waals surface area contributed by atoms with Gasteiger partial charge in [-0.15, -0.1) is 0 Å². The summed E-state index contributed by atoms with van der Waals surface area (Å²) in [4.78, 5) is 39.7. The standard InChI is InChI=1S/C23H26N4O4/c1-14-17(15(2)26-23(30)19(14)12-24)9-10-21(28)27-20-8-4-3-7-18(20)22(29)25-13-16-6-5-11-31-16/h3-4,7-8,16H,5-6,9-11,13H2,1-2H3,(H,25,29)(H,26,30)(H,27,28)/t16-/m0/s1. The number of benzene rings is 1. The summed E-state index contributed by atoms with van der Waals surface area (Å²) in [5, 5.41) is 14.9. The summed E-state index contributed by atoms with van der Waals surface area (Å²) < 4.78 is 5.52. The van der Waals surface area contributed by atoms with Crippen LogP contribution in [-0.4, -0.2) is 36.1 Å². The fraction of sp³-hybridized carbons (Fsp3) is 0.391. The van der Waals surface area contributed by atoms with Crippen LogP contribution in [0.5, 0.6) is 0 Å². The summed E-state index contributed by atoms with van der Waals surface area (Å²) in [7, 11) is 0. The number of carbonyl (C=O) groups excluding carboxylic acids is 2. The van der Waals surface area contributed by atoms with E-state index in [2.05, 4.69) is 15.6 Å². The highest BCUT2D eigenvalue weighted by Crippen LogP contribution is 2.18. The Labute approximate surface area is 180 Å². The van der Waals surface area contributed by atoms with E-state index in [9.17, 15) is 19.6 Å². The van der Waals surface area contributed by atoms with Gasteiger partial charge >= 0.3 is 0 Å². The number of aromatic nitrogens is 1. The third-order valence-corrected chi connectivity index (χ3v) is 5.48. The van der Waals surface area contributed by atoms with Crippen LogP contribution >= 0.6 is 0 Å².